The van der Waals surface area contributed by atoms with Crippen molar-refractivity contribution in [2.75, 3.05) is 39.6 Å². The quantitative estimate of drug-likeness (QED) is 0.0222. The standard InChI is InChI=1S/C69H134O17P2/c1-6-9-12-15-18-21-22-23-24-25-26-27-28-29-30-31-32-33-40-45-50-55-69(74)86-65(59-80-67(72)53-48-43-39-35-34-36-41-46-51-62(4)5)61-84-88(77,78)82-57-63(70)56-81-87(75,76)83-60-64(85-68(73)54-49-44-38-20-17-14-11-8-3)58-79-66(71)52-47-42-37-19-16-13-10-7-2/h62-65,70H,6-61H2,1-5H3,(H,75,76)(H,77,78)/t63-,64+,65+/m0/s1. The fourth-order valence-electron chi connectivity index (χ4n) is 10.5. The van der Waals surface area contributed by atoms with Gasteiger partial charge in [-0.2, -0.15) is 0 Å². The Morgan fingerprint density at radius 2 is 0.523 bits per heavy atom. The zero-order valence-corrected chi connectivity index (χ0v) is 58.6. The lowest BCUT2D eigenvalue weighted by atomic mass is 10.0. The number of phosphoric ester groups is 2. The molecule has 88 heavy (non-hydrogen) atoms. The number of carbonyl (C=O) groups excluding carboxylic acids is 4. The van der Waals surface area contributed by atoms with Gasteiger partial charge in [0, 0.05) is 25.7 Å². The van der Waals surface area contributed by atoms with E-state index in [-0.39, 0.29) is 25.7 Å². The molecule has 0 rings (SSSR count). The van der Waals surface area contributed by atoms with Gasteiger partial charge in [0.1, 0.15) is 19.3 Å². The second-order valence-corrected chi connectivity index (χ2v) is 28.3. The van der Waals surface area contributed by atoms with Crippen molar-refractivity contribution in [3.63, 3.8) is 0 Å². The number of hydrogen-bond donors (Lipinski definition) is 3. The molecule has 0 saturated carbocycles. The van der Waals surface area contributed by atoms with Gasteiger partial charge < -0.3 is 33.8 Å². The zero-order valence-electron chi connectivity index (χ0n) is 56.9. The average Bonchev–Trinajstić information content (AvgIpc) is 3.62. The largest absolute Gasteiger partial charge is 0.472 e. The molecular weight excluding hydrogens is 1160 g/mol. The van der Waals surface area contributed by atoms with Crippen LogP contribution < -0.4 is 0 Å². The maximum atomic E-state index is 13.0. The predicted molar refractivity (Wildman–Crippen MR) is 354 cm³/mol. The molecule has 0 aromatic carbocycles. The van der Waals surface area contributed by atoms with Crippen molar-refractivity contribution in [1.29, 1.82) is 0 Å². The maximum absolute atomic E-state index is 13.0. The lowest BCUT2D eigenvalue weighted by Gasteiger charge is -2.21. The summed E-state index contributed by atoms with van der Waals surface area (Å²) >= 11 is 0. The van der Waals surface area contributed by atoms with Crippen LogP contribution in [0.25, 0.3) is 0 Å². The molecule has 0 aliphatic carbocycles. The number of unbranched alkanes of at least 4 members (excludes halogenated alkanes) is 41. The van der Waals surface area contributed by atoms with Gasteiger partial charge in [-0.25, -0.2) is 9.13 Å². The van der Waals surface area contributed by atoms with Crippen LogP contribution in [0, 0.1) is 5.92 Å². The van der Waals surface area contributed by atoms with Crippen LogP contribution in [0.15, 0.2) is 0 Å². The molecule has 3 N–H and O–H groups in total. The Kier molecular flexibility index (Phi) is 61.1. The van der Waals surface area contributed by atoms with Gasteiger partial charge >= 0.3 is 39.5 Å². The predicted octanol–water partition coefficient (Wildman–Crippen LogP) is 19.7. The molecular formula is C69H134O17P2. The molecule has 2 unspecified atom stereocenters. The summed E-state index contributed by atoms with van der Waals surface area (Å²) in [5, 5.41) is 10.5. The lowest BCUT2D eigenvalue weighted by Crippen LogP contribution is -2.30. The normalized spacial score (nSPS) is 14.1. The third-order valence-electron chi connectivity index (χ3n) is 16.0. The van der Waals surface area contributed by atoms with Crippen LogP contribution in [0.4, 0.5) is 0 Å². The van der Waals surface area contributed by atoms with Gasteiger partial charge in [-0.05, 0) is 31.6 Å². The first-order chi connectivity index (χ1) is 42.5. The Balaban J connectivity index is 5.11. The molecule has 0 bridgehead atoms. The molecule has 0 aliphatic heterocycles. The van der Waals surface area contributed by atoms with E-state index in [1.807, 2.05) is 0 Å². The van der Waals surface area contributed by atoms with E-state index in [1.165, 1.54) is 167 Å². The summed E-state index contributed by atoms with van der Waals surface area (Å²) in [5.74, 6) is -1.41. The van der Waals surface area contributed by atoms with Crippen LogP contribution in [0.3, 0.4) is 0 Å². The molecule has 5 atom stereocenters. The van der Waals surface area contributed by atoms with Crippen LogP contribution in [-0.2, 0) is 65.4 Å². The van der Waals surface area contributed by atoms with Crippen molar-refractivity contribution in [2.24, 2.45) is 5.92 Å². The van der Waals surface area contributed by atoms with E-state index in [0.717, 1.165) is 109 Å². The highest BCUT2D eigenvalue weighted by Crippen LogP contribution is 2.45. The summed E-state index contributed by atoms with van der Waals surface area (Å²) in [7, 11) is -9.89. The van der Waals surface area contributed by atoms with E-state index in [9.17, 15) is 43.2 Å². The first-order valence-electron chi connectivity index (χ1n) is 36.1. The highest BCUT2D eigenvalue weighted by atomic mass is 31.2. The number of aliphatic hydroxyl groups is 1. The number of hydrogen-bond acceptors (Lipinski definition) is 15. The van der Waals surface area contributed by atoms with E-state index in [2.05, 4.69) is 34.6 Å². The summed E-state index contributed by atoms with van der Waals surface area (Å²) in [6.07, 6.45) is 48.9. The Labute approximate surface area is 537 Å². The van der Waals surface area contributed by atoms with E-state index >= 15 is 0 Å². The molecule has 19 heteroatoms. The monoisotopic (exact) mass is 1300 g/mol. The number of ether oxygens (including phenoxy) is 4. The number of rotatable bonds is 69. The molecule has 0 fully saturated rings. The van der Waals surface area contributed by atoms with Gasteiger partial charge in [0.2, 0.25) is 0 Å². The SMILES string of the molecule is CCCCCCCCCCCCCCCCCCCCCCCC(=O)O[C@H](COC(=O)CCCCCCCCCCC(C)C)COP(=O)(O)OC[C@@H](O)COP(=O)(O)OC[C@@H](COC(=O)CCCCCCCCCC)OC(=O)CCCCCCCCCC. The third kappa shape index (κ3) is 62.8. The molecule has 522 valence electrons. The van der Waals surface area contributed by atoms with Gasteiger partial charge in [0.05, 0.1) is 26.4 Å². The van der Waals surface area contributed by atoms with Crippen molar-refractivity contribution in [2.45, 2.75) is 374 Å². The number of esters is 4. The summed E-state index contributed by atoms with van der Waals surface area (Å²) in [6, 6.07) is 0. The van der Waals surface area contributed by atoms with Crippen molar-refractivity contribution in [3.8, 4) is 0 Å². The Morgan fingerprint density at radius 3 is 0.773 bits per heavy atom. The van der Waals surface area contributed by atoms with E-state index in [1.54, 1.807) is 0 Å². The van der Waals surface area contributed by atoms with Crippen LogP contribution in [0.1, 0.15) is 356 Å². The minimum absolute atomic E-state index is 0.105. The van der Waals surface area contributed by atoms with Gasteiger partial charge in [-0.3, -0.25) is 37.3 Å². The van der Waals surface area contributed by atoms with Gasteiger partial charge in [-0.15, -0.1) is 0 Å². The fourth-order valence-corrected chi connectivity index (χ4v) is 12.0. The van der Waals surface area contributed by atoms with Gasteiger partial charge in [0.15, 0.2) is 12.2 Å². The van der Waals surface area contributed by atoms with E-state index in [4.69, 9.17) is 37.0 Å². The number of phosphoric acid groups is 2. The Bertz CT molecular complexity index is 1700. The van der Waals surface area contributed by atoms with Gasteiger partial charge in [-0.1, -0.05) is 304 Å². The first-order valence-corrected chi connectivity index (χ1v) is 39.1. The number of carbonyl (C=O) groups is 4. The van der Waals surface area contributed by atoms with Crippen molar-refractivity contribution < 1.29 is 80.2 Å². The highest BCUT2D eigenvalue weighted by molar-refractivity contribution is 7.47. The molecule has 0 saturated heterocycles. The lowest BCUT2D eigenvalue weighted by molar-refractivity contribution is -0.161. The first kappa shape index (κ1) is 86.1. The van der Waals surface area contributed by atoms with E-state index in [0.29, 0.717) is 25.7 Å². The Hall–Kier alpha value is -1.94. The van der Waals surface area contributed by atoms with E-state index < -0.39 is 97.5 Å². The molecule has 0 aromatic rings. The van der Waals surface area contributed by atoms with Crippen molar-refractivity contribution >= 4 is 39.5 Å². The molecule has 0 aliphatic rings. The number of aliphatic hydroxyl groups excluding tert-OH is 1. The average molecular weight is 1300 g/mol. The summed E-state index contributed by atoms with van der Waals surface area (Å²) in [4.78, 5) is 72.2. The second-order valence-electron chi connectivity index (χ2n) is 25.4. The molecule has 0 spiro atoms. The molecule has 0 aromatic heterocycles. The molecule has 17 nitrogen and oxygen atoms in total. The zero-order chi connectivity index (χ0) is 64.9. The van der Waals surface area contributed by atoms with Gasteiger partial charge in [0.25, 0.3) is 0 Å². The van der Waals surface area contributed by atoms with Crippen molar-refractivity contribution in [3.05, 3.63) is 0 Å². The topological polar surface area (TPSA) is 237 Å². The molecule has 0 heterocycles. The Morgan fingerprint density at radius 1 is 0.307 bits per heavy atom. The molecule has 0 amide bonds. The maximum Gasteiger partial charge on any atom is 0.472 e. The van der Waals surface area contributed by atoms with Crippen LogP contribution in [-0.4, -0.2) is 96.7 Å². The minimum atomic E-state index is -4.95. The van der Waals surface area contributed by atoms with Crippen LogP contribution >= 0.6 is 15.6 Å². The molecule has 0 radical (unpaired) electrons. The van der Waals surface area contributed by atoms with Crippen LogP contribution in [0.5, 0.6) is 0 Å². The van der Waals surface area contributed by atoms with Crippen LogP contribution in [0.2, 0.25) is 0 Å². The minimum Gasteiger partial charge on any atom is -0.462 e. The summed E-state index contributed by atoms with van der Waals surface area (Å²) < 4.78 is 68.0. The smallest absolute Gasteiger partial charge is 0.462 e. The summed E-state index contributed by atoms with van der Waals surface area (Å²) in [6.45, 7) is 7.14. The second kappa shape index (κ2) is 62.5. The highest BCUT2D eigenvalue weighted by Gasteiger charge is 2.30. The fraction of sp³-hybridized carbons (Fsp3) is 0.942. The third-order valence-corrected chi connectivity index (χ3v) is 17.9. The summed E-state index contributed by atoms with van der Waals surface area (Å²) in [5.41, 5.74) is 0. The van der Waals surface area contributed by atoms with Crippen molar-refractivity contribution in [1.82, 2.24) is 0 Å².